The van der Waals surface area contributed by atoms with E-state index in [0.717, 1.165) is 30.4 Å². The van der Waals surface area contributed by atoms with Gasteiger partial charge in [0.05, 0.1) is 6.61 Å². The molecule has 0 spiro atoms. The minimum absolute atomic E-state index is 0.120. The average molecular weight is 433 g/mol. The van der Waals surface area contributed by atoms with Crippen molar-refractivity contribution in [2.24, 2.45) is 5.92 Å². The molecule has 1 aliphatic heterocycles. The lowest BCUT2D eigenvalue weighted by Crippen LogP contribution is -2.54. The molecule has 0 unspecified atom stereocenters. The predicted octanol–water partition coefficient (Wildman–Crippen LogP) is 3.59. The summed E-state index contributed by atoms with van der Waals surface area (Å²) < 4.78 is 11.5. The van der Waals surface area contributed by atoms with E-state index >= 15 is 0 Å². The summed E-state index contributed by atoms with van der Waals surface area (Å²) in [5.74, 6) is 1.84. The second kappa shape index (κ2) is 8.39. The van der Waals surface area contributed by atoms with Gasteiger partial charge in [0.2, 0.25) is 6.29 Å². The molecule has 1 aromatic rings. The van der Waals surface area contributed by atoms with Crippen molar-refractivity contribution >= 4 is 0 Å². The van der Waals surface area contributed by atoms with Crippen LogP contribution in [0.2, 0.25) is 0 Å². The monoisotopic (exact) mass is 432 g/mol. The number of allylic oxidation sites excluding steroid dienone is 2. The highest BCUT2D eigenvalue weighted by Crippen LogP contribution is 2.58. The van der Waals surface area contributed by atoms with E-state index in [4.69, 9.17) is 9.47 Å². The molecule has 0 bridgehead atoms. The molecule has 6 heteroatoms. The summed E-state index contributed by atoms with van der Waals surface area (Å²) in [7, 11) is 0. The number of benzene rings is 1. The first-order valence-corrected chi connectivity index (χ1v) is 11.5. The molecule has 6 nitrogen and oxygen atoms in total. The van der Waals surface area contributed by atoms with Gasteiger partial charge in [0.15, 0.2) is 11.5 Å². The molecule has 4 N–H and O–H groups in total. The van der Waals surface area contributed by atoms with E-state index in [0.29, 0.717) is 17.6 Å². The number of hydrogen-bond acceptors (Lipinski definition) is 6. The zero-order valence-corrected chi connectivity index (χ0v) is 19.1. The van der Waals surface area contributed by atoms with Gasteiger partial charge in [0, 0.05) is 11.5 Å². The maximum Gasteiger partial charge on any atom is 0.229 e. The number of hydrogen-bond donors (Lipinski definition) is 4. The van der Waals surface area contributed by atoms with Crippen LogP contribution in [0.5, 0.6) is 11.5 Å². The van der Waals surface area contributed by atoms with Crippen molar-refractivity contribution < 1.29 is 29.9 Å². The first-order chi connectivity index (χ1) is 14.6. The van der Waals surface area contributed by atoms with Crippen LogP contribution < -0.4 is 4.74 Å². The summed E-state index contributed by atoms with van der Waals surface area (Å²) in [6.45, 7) is 10.5. The van der Waals surface area contributed by atoms with Gasteiger partial charge < -0.3 is 29.9 Å². The van der Waals surface area contributed by atoms with Crippen molar-refractivity contribution in [1.29, 1.82) is 0 Å². The molecule has 31 heavy (non-hydrogen) atoms. The van der Waals surface area contributed by atoms with Gasteiger partial charge in [-0.15, -0.1) is 0 Å². The van der Waals surface area contributed by atoms with Gasteiger partial charge in [0.25, 0.3) is 0 Å². The number of ether oxygens (including phenoxy) is 2. The Labute approximate surface area is 184 Å². The highest BCUT2D eigenvalue weighted by Gasteiger charge is 2.43. The van der Waals surface area contributed by atoms with E-state index in [1.165, 1.54) is 16.7 Å². The average Bonchev–Trinajstić information content (AvgIpc) is 2.69. The third kappa shape index (κ3) is 3.78. The van der Waals surface area contributed by atoms with E-state index < -0.39 is 24.6 Å². The fourth-order valence-electron chi connectivity index (χ4n) is 5.94. The van der Waals surface area contributed by atoms with E-state index in [9.17, 15) is 20.4 Å². The first kappa shape index (κ1) is 22.6. The number of rotatable bonds is 3. The highest BCUT2D eigenvalue weighted by atomic mass is 16.7. The van der Waals surface area contributed by atoms with Crippen LogP contribution in [0.15, 0.2) is 11.6 Å². The molecule has 8 atom stereocenters. The zero-order chi connectivity index (χ0) is 22.6. The molecule has 1 aromatic carbocycles. The fourth-order valence-corrected chi connectivity index (χ4v) is 5.94. The molecular formula is C25H36O6. The van der Waals surface area contributed by atoms with Gasteiger partial charge in [0.1, 0.15) is 18.3 Å². The Morgan fingerprint density at radius 3 is 2.42 bits per heavy atom. The molecule has 3 aliphatic rings. The predicted molar refractivity (Wildman–Crippen MR) is 118 cm³/mol. The van der Waals surface area contributed by atoms with Gasteiger partial charge in [-0.2, -0.15) is 0 Å². The summed E-state index contributed by atoms with van der Waals surface area (Å²) in [6.07, 6.45) is 0.395. The smallest absolute Gasteiger partial charge is 0.229 e. The number of phenolic OH excluding ortho intramolecular Hbond substituents is 1. The van der Waals surface area contributed by atoms with Crippen LogP contribution >= 0.6 is 0 Å². The largest absolute Gasteiger partial charge is 0.504 e. The lowest BCUT2D eigenvalue weighted by molar-refractivity contribution is -0.242. The van der Waals surface area contributed by atoms with Gasteiger partial charge in [-0.1, -0.05) is 25.5 Å². The van der Waals surface area contributed by atoms with Crippen LogP contribution in [0.25, 0.3) is 0 Å². The molecule has 0 saturated carbocycles. The maximum atomic E-state index is 11.3. The number of phenols is 1. The summed E-state index contributed by atoms with van der Waals surface area (Å²) in [5.41, 5.74) is 5.58. The molecule has 1 heterocycles. The molecule has 4 rings (SSSR count). The Morgan fingerprint density at radius 2 is 1.74 bits per heavy atom. The van der Waals surface area contributed by atoms with Gasteiger partial charge in [-0.3, -0.25) is 0 Å². The third-order valence-electron chi connectivity index (χ3n) is 7.48. The van der Waals surface area contributed by atoms with Crippen LogP contribution in [-0.4, -0.2) is 51.6 Å². The molecule has 2 aliphatic carbocycles. The molecular weight excluding hydrogens is 396 g/mol. The molecule has 0 amide bonds. The van der Waals surface area contributed by atoms with Gasteiger partial charge >= 0.3 is 0 Å². The number of aliphatic hydroxyl groups excluding tert-OH is 3. The number of aromatic hydroxyl groups is 1. The van der Waals surface area contributed by atoms with E-state index in [2.05, 4.69) is 33.8 Å². The van der Waals surface area contributed by atoms with Crippen molar-refractivity contribution in [3.8, 4) is 11.5 Å². The van der Waals surface area contributed by atoms with Crippen LogP contribution in [0.4, 0.5) is 0 Å². The summed E-state index contributed by atoms with van der Waals surface area (Å²) >= 11 is 0. The summed E-state index contributed by atoms with van der Waals surface area (Å²) in [5, 5.41) is 41.5. The van der Waals surface area contributed by atoms with Crippen LogP contribution in [0, 0.1) is 12.8 Å². The topological polar surface area (TPSA) is 99.4 Å². The summed E-state index contributed by atoms with van der Waals surface area (Å²) in [6, 6.07) is 0. The Morgan fingerprint density at radius 1 is 1.03 bits per heavy atom. The van der Waals surface area contributed by atoms with Gasteiger partial charge in [-0.25, -0.2) is 0 Å². The molecule has 1 fully saturated rings. The lowest BCUT2D eigenvalue weighted by atomic mass is 9.62. The molecule has 1 saturated heterocycles. The zero-order valence-electron chi connectivity index (χ0n) is 19.1. The minimum Gasteiger partial charge on any atom is -0.504 e. The molecule has 0 aromatic heterocycles. The van der Waals surface area contributed by atoms with Crippen molar-refractivity contribution in [2.75, 3.05) is 6.61 Å². The second-order valence-corrected chi connectivity index (χ2v) is 10.1. The summed E-state index contributed by atoms with van der Waals surface area (Å²) in [4.78, 5) is 0. The Balaban J connectivity index is 1.85. The Hall–Kier alpha value is -1.60. The van der Waals surface area contributed by atoms with Crippen molar-refractivity contribution in [2.45, 2.75) is 96.2 Å². The Bertz CT molecular complexity index is 873. The molecule has 0 radical (unpaired) electrons. The van der Waals surface area contributed by atoms with Crippen LogP contribution in [0.3, 0.4) is 0 Å². The van der Waals surface area contributed by atoms with E-state index in [-0.39, 0.29) is 24.2 Å². The lowest BCUT2D eigenvalue weighted by Gasteiger charge is -2.44. The Kier molecular flexibility index (Phi) is 6.12. The minimum atomic E-state index is -1.41. The third-order valence-corrected chi connectivity index (χ3v) is 7.48. The normalized spacial score (nSPS) is 37.2. The number of aliphatic hydroxyl groups is 3. The van der Waals surface area contributed by atoms with Crippen molar-refractivity contribution in [3.63, 3.8) is 0 Å². The fraction of sp³-hybridized carbons (Fsp3) is 0.680. The maximum absolute atomic E-state index is 11.3. The van der Waals surface area contributed by atoms with Gasteiger partial charge in [-0.05, 0) is 74.5 Å². The second-order valence-electron chi connectivity index (χ2n) is 10.1. The first-order valence-electron chi connectivity index (χ1n) is 11.5. The van der Waals surface area contributed by atoms with E-state index in [1.54, 1.807) is 0 Å². The highest BCUT2D eigenvalue weighted by molar-refractivity contribution is 5.64. The standard InChI is InChI=1S/C25H36O6/c1-11(2)8-15-9-13(4)16-7-6-12(3)18-20(16)19(15)14(5)24(22(18)28)31-25-23(29)21(27)17(26)10-30-25/h8,12-13,15-17,21,23,25-29H,6-7,9-10H2,1-5H3/t12-,13-,15+,16+,17+,21+,23-,25-/m0/s1. The van der Waals surface area contributed by atoms with Crippen molar-refractivity contribution in [3.05, 3.63) is 33.9 Å². The van der Waals surface area contributed by atoms with E-state index in [1.807, 2.05) is 6.92 Å². The quantitative estimate of drug-likeness (QED) is 0.545. The SMILES string of the molecule is CC(C)=C[C@@H]1C[C@H](C)[C@H]2CC[C@H](C)c3c(O)c(O[C@@H]4OC[C@@H](O)[C@@H](O)[C@@H]4O)c(C)c1c32. The van der Waals surface area contributed by atoms with Crippen molar-refractivity contribution in [1.82, 2.24) is 0 Å². The van der Waals surface area contributed by atoms with Crippen LogP contribution in [-0.2, 0) is 4.74 Å². The van der Waals surface area contributed by atoms with Crippen LogP contribution in [0.1, 0.15) is 87.0 Å². The molecule has 172 valence electrons.